The van der Waals surface area contributed by atoms with Crippen LogP contribution in [0.4, 0.5) is 0 Å². The van der Waals surface area contributed by atoms with Crippen molar-refractivity contribution in [3.05, 3.63) is 11.2 Å². The molecule has 0 aliphatic rings. The highest BCUT2D eigenvalue weighted by Gasteiger charge is 2.17. The monoisotopic (exact) mass is 304 g/mol. The van der Waals surface area contributed by atoms with Crippen LogP contribution in [0.5, 0.6) is 0 Å². The number of rotatable bonds is 5. The molecule has 0 radical (unpaired) electrons. The van der Waals surface area contributed by atoms with Gasteiger partial charge in [-0.25, -0.2) is 26.5 Å². The highest BCUT2D eigenvalue weighted by atomic mass is 35.7. The maximum atomic E-state index is 11.6. The summed E-state index contributed by atoms with van der Waals surface area (Å²) in [6, 6.07) is 0. The van der Waals surface area contributed by atoms with Gasteiger partial charge in [0.15, 0.2) is 4.21 Å². The van der Waals surface area contributed by atoms with Gasteiger partial charge in [0.2, 0.25) is 9.05 Å². The first-order valence-electron chi connectivity index (χ1n) is 4.05. The third kappa shape index (κ3) is 4.34. The van der Waals surface area contributed by atoms with Crippen LogP contribution < -0.4 is 4.72 Å². The molecular formula is C6H9ClN2O4S3. The van der Waals surface area contributed by atoms with Gasteiger partial charge in [-0.15, -0.1) is 11.3 Å². The first-order valence-corrected chi connectivity index (χ1v) is 8.83. The number of thiazole rings is 1. The number of nitrogens with zero attached hydrogens (tertiary/aromatic N) is 1. The minimum Gasteiger partial charge on any atom is -0.249 e. The van der Waals surface area contributed by atoms with Crippen molar-refractivity contribution in [1.29, 1.82) is 0 Å². The molecule has 0 aromatic carbocycles. The van der Waals surface area contributed by atoms with E-state index >= 15 is 0 Å². The molecule has 10 heteroatoms. The lowest BCUT2D eigenvalue weighted by Gasteiger charge is -2.01. The molecular weight excluding hydrogens is 296 g/mol. The van der Waals surface area contributed by atoms with E-state index in [4.69, 9.17) is 10.7 Å². The van der Waals surface area contributed by atoms with Gasteiger partial charge in [-0.2, -0.15) is 0 Å². The summed E-state index contributed by atoms with van der Waals surface area (Å²) in [5, 5.41) is 0.616. The molecule has 0 bridgehead atoms. The average molecular weight is 305 g/mol. The summed E-state index contributed by atoms with van der Waals surface area (Å²) in [7, 11) is -2.43. The minimum atomic E-state index is -3.69. The number of aryl methyl sites for hydroxylation is 1. The molecule has 1 N–H and O–H groups in total. The summed E-state index contributed by atoms with van der Waals surface area (Å²) >= 11 is 1.01. The van der Waals surface area contributed by atoms with Crippen LogP contribution in [0.3, 0.4) is 0 Å². The molecule has 0 amide bonds. The Morgan fingerprint density at radius 3 is 2.50 bits per heavy atom. The number of hydrogen-bond acceptors (Lipinski definition) is 6. The molecule has 0 unspecified atom stereocenters. The molecule has 0 fully saturated rings. The number of aromatic nitrogens is 1. The quantitative estimate of drug-likeness (QED) is 0.790. The largest absolute Gasteiger partial charge is 0.251 e. The zero-order valence-electron chi connectivity index (χ0n) is 8.17. The van der Waals surface area contributed by atoms with E-state index in [1.165, 1.54) is 6.20 Å². The summed E-state index contributed by atoms with van der Waals surface area (Å²) in [5.74, 6) is -0.453. The van der Waals surface area contributed by atoms with Crippen LogP contribution in [0, 0.1) is 6.92 Å². The van der Waals surface area contributed by atoms with E-state index in [0.717, 1.165) is 11.3 Å². The van der Waals surface area contributed by atoms with Crippen molar-refractivity contribution < 1.29 is 16.8 Å². The van der Waals surface area contributed by atoms with Gasteiger partial charge < -0.3 is 0 Å². The van der Waals surface area contributed by atoms with Crippen LogP contribution >= 0.6 is 22.0 Å². The van der Waals surface area contributed by atoms with Gasteiger partial charge in [-0.05, 0) is 6.92 Å². The Labute approximate surface area is 102 Å². The summed E-state index contributed by atoms with van der Waals surface area (Å²) in [5.41, 5.74) is 0. The van der Waals surface area contributed by atoms with Gasteiger partial charge in [0, 0.05) is 17.2 Å². The normalized spacial score (nSPS) is 12.9. The topological polar surface area (TPSA) is 93.2 Å². The van der Waals surface area contributed by atoms with E-state index in [0.29, 0.717) is 5.01 Å². The lowest BCUT2D eigenvalue weighted by molar-refractivity contribution is 0.584. The molecule has 0 saturated carbocycles. The fourth-order valence-electron chi connectivity index (χ4n) is 0.835. The van der Waals surface area contributed by atoms with Crippen molar-refractivity contribution in [2.75, 3.05) is 12.3 Å². The Bertz CT molecular complexity index is 562. The van der Waals surface area contributed by atoms with Crippen molar-refractivity contribution >= 4 is 41.1 Å². The molecule has 16 heavy (non-hydrogen) atoms. The zero-order chi connectivity index (χ0) is 12.4. The highest BCUT2D eigenvalue weighted by molar-refractivity contribution is 8.13. The smallest absolute Gasteiger partial charge is 0.249 e. The second kappa shape index (κ2) is 4.96. The number of sulfonamides is 1. The third-order valence-electron chi connectivity index (χ3n) is 1.50. The van der Waals surface area contributed by atoms with E-state index < -0.39 is 24.8 Å². The molecule has 1 aromatic heterocycles. The molecule has 0 aliphatic heterocycles. The van der Waals surface area contributed by atoms with E-state index in [1.807, 2.05) is 0 Å². The molecule has 0 atom stereocenters. The highest BCUT2D eigenvalue weighted by Crippen LogP contribution is 2.17. The number of hydrogen-bond donors (Lipinski definition) is 1. The maximum Gasteiger partial charge on any atom is 0.251 e. The van der Waals surface area contributed by atoms with Crippen LogP contribution in [-0.2, 0) is 19.1 Å². The van der Waals surface area contributed by atoms with Gasteiger partial charge >= 0.3 is 0 Å². The standard InChI is InChI=1S/C6H9ClN2O4S3/c1-5-8-4-6(14-5)16(12,13)9-2-3-15(7,10)11/h4,9H,2-3H2,1H3. The van der Waals surface area contributed by atoms with Gasteiger partial charge in [-0.1, -0.05) is 0 Å². The lowest BCUT2D eigenvalue weighted by atomic mass is 10.8. The Morgan fingerprint density at radius 1 is 1.44 bits per heavy atom. The van der Waals surface area contributed by atoms with Gasteiger partial charge in [0.25, 0.3) is 10.0 Å². The van der Waals surface area contributed by atoms with Gasteiger partial charge in [0.1, 0.15) is 0 Å². The Balaban J connectivity index is 2.67. The molecule has 0 spiro atoms. The Hall–Kier alpha value is -0.220. The first kappa shape index (κ1) is 13.8. The maximum absolute atomic E-state index is 11.6. The van der Waals surface area contributed by atoms with E-state index in [9.17, 15) is 16.8 Å². The van der Waals surface area contributed by atoms with Crippen LogP contribution in [0.1, 0.15) is 5.01 Å². The molecule has 1 rings (SSSR count). The molecule has 92 valence electrons. The number of nitrogens with one attached hydrogen (secondary N) is 1. The second-order valence-corrected chi connectivity index (χ2v) is 8.96. The third-order valence-corrected chi connectivity index (χ3v) is 5.49. The van der Waals surface area contributed by atoms with E-state index in [1.54, 1.807) is 6.92 Å². The second-order valence-electron chi connectivity index (χ2n) is 2.84. The fraction of sp³-hybridized carbons (Fsp3) is 0.500. The minimum absolute atomic E-state index is 0.0528. The predicted octanol–water partition coefficient (Wildman–Crippen LogP) is 0.298. The van der Waals surface area contributed by atoms with Crippen LogP contribution in [-0.4, -0.2) is 34.1 Å². The van der Waals surface area contributed by atoms with Gasteiger partial charge in [-0.3, -0.25) is 0 Å². The van der Waals surface area contributed by atoms with Crippen LogP contribution in [0.2, 0.25) is 0 Å². The Morgan fingerprint density at radius 2 is 2.06 bits per heavy atom. The van der Waals surface area contributed by atoms with Crippen LogP contribution in [0.15, 0.2) is 10.4 Å². The summed E-state index contributed by atoms with van der Waals surface area (Å²) < 4.78 is 46.4. The first-order chi connectivity index (χ1) is 7.21. The fourth-order valence-corrected chi connectivity index (χ4v) is 3.73. The molecule has 1 aromatic rings. The van der Waals surface area contributed by atoms with Crippen molar-refractivity contribution in [2.45, 2.75) is 11.1 Å². The van der Waals surface area contributed by atoms with Crippen molar-refractivity contribution in [3.8, 4) is 0 Å². The average Bonchev–Trinajstić information content (AvgIpc) is 2.49. The Kier molecular flexibility index (Phi) is 4.29. The van der Waals surface area contributed by atoms with Crippen LogP contribution in [0.25, 0.3) is 0 Å². The summed E-state index contributed by atoms with van der Waals surface area (Å²) in [6.45, 7) is 1.41. The van der Waals surface area contributed by atoms with Crippen molar-refractivity contribution in [1.82, 2.24) is 9.71 Å². The molecule has 6 nitrogen and oxygen atoms in total. The van der Waals surface area contributed by atoms with E-state index in [-0.39, 0.29) is 10.8 Å². The van der Waals surface area contributed by atoms with Crippen molar-refractivity contribution in [2.24, 2.45) is 0 Å². The molecule has 1 heterocycles. The SMILES string of the molecule is Cc1ncc(S(=O)(=O)NCCS(=O)(=O)Cl)s1. The summed E-state index contributed by atoms with van der Waals surface area (Å²) in [4.78, 5) is 3.79. The molecule has 0 aliphatic carbocycles. The van der Waals surface area contributed by atoms with Gasteiger partial charge in [0.05, 0.1) is 17.0 Å². The zero-order valence-corrected chi connectivity index (χ0v) is 11.4. The lowest BCUT2D eigenvalue weighted by Crippen LogP contribution is -2.27. The number of halogens is 1. The van der Waals surface area contributed by atoms with Crippen molar-refractivity contribution in [3.63, 3.8) is 0 Å². The predicted molar refractivity (Wildman–Crippen MR) is 61.7 cm³/mol. The summed E-state index contributed by atoms with van der Waals surface area (Å²) in [6.07, 6.45) is 1.22. The van der Waals surface area contributed by atoms with E-state index in [2.05, 4.69) is 9.71 Å². The molecule has 0 saturated heterocycles.